The maximum atomic E-state index is 4.03. The van der Waals surface area contributed by atoms with Crippen molar-refractivity contribution in [1.82, 2.24) is 5.09 Å². The average Bonchev–Trinajstić information content (AvgIpc) is 1.98. The smallest absolute Gasteiger partial charge is 0.128 e. The van der Waals surface area contributed by atoms with Crippen LogP contribution in [0.2, 0.25) is 0 Å². The fraction of sp³-hybridized carbons (Fsp3) is 0.286. The second-order valence-corrected chi connectivity index (χ2v) is 1.90. The zero-order chi connectivity index (χ0) is 7.82. The van der Waals surface area contributed by atoms with Gasteiger partial charge in [-0.25, -0.2) is 4.99 Å². The quantitative estimate of drug-likeness (QED) is 0.376. The molecule has 1 N–H and O–H groups in total. The highest BCUT2D eigenvalue weighted by Crippen LogP contribution is 1.93. The lowest BCUT2D eigenvalue weighted by molar-refractivity contribution is 1.16. The molecule has 0 aromatic rings. The molecule has 0 aromatic heterocycles. The van der Waals surface area contributed by atoms with E-state index in [0.29, 0.717) is 0 Å². The molecule has 0 amide bonds. The summed E-state index contributed by atoms with van der Waals surface area (Å²) in [5.74, 6) is 0.839. The van der Waals surface area contributed by atoms with Gasteiger partial charge in [-0.2, -0.15) is 0 Å². The van der Waals surface area contributed by atoms with Crippen LogP contribution in [0.3, 0.4) is 0 Å². The summed E-state index contributed by atoms with van der Waals surface area (Å²) in [5.41, 5.74) is 0. The molecule has 2 nitrogen and oxygen atoms in total. The number of rotatable bonds is 3. The van der Waals surface area contributed by atoms with Crippen LogP contribution in [0.1, 0.15) is 13.8 Å². The second-order valence-electron chi connectivity index (χ2n) is 1.61. The Morgan fingerprint density at radius 1 is 1.50 bits per heavy atom. The third kappa shape index (κ3) is 4.28. The summed E-state index contributed by atoms with van der Waals surface area (Å²) in [6.07, 6.45) is 7.52. The molecule has 0 aliphatic carbocycles. The number of nitrogens with zero attached hydrogens (tertiary/aromatic N) is 1. The second kappa shape index (κ2) is 6.50. The van der Waals surface area contributed by atoms with Gasteiger partial charge >= 0.3 is 0 Å². The molecule has 0 radical (unpaired) electrons. The molecular formula is C7H13N2P. The minimum Gasteiger partial charge on any atom is -0.355 e. The van der Waals surface area contributed by atoms with E-state index >= 15 is 0 Å². The Balaban J connectivity index is 4.04. The predicted molar refractivity (Wildman–Crippen MR) is 49.9 cm³/mol. The van der Waals surface area contributed by atoms with Crippen LogP contribution in [0.15, 0.2) is 29.0 Å². The molecule has 1 atom stereocenters. The van der Waals surface area contributed by atoms with E-state index in [2.05, 4.69) is 19.5 Å². The Hall–Kier alpha value is -0.620. The SMILES string of the molecule is C\C=C/C=C(\N=C\C)NP. The Bertz CT molecular complexity index is 159. The molecule has 0 rings (SSSR count). The molecule has 0 aliphatic heterocycles. The molecule has 1 unspecified atom stereocenters. The fourth-order valence-corrected chi connectivity index (χ4v) is 0.626. The first kappa shape index (κ1) is 9.38. The van der Waals surface area contributed by atoms with Crippen molar-refractivity contribution >= 4 is 15.6 Å². The summed E-state index contributed by atoms with van der Waals surface area (Å²) in [6, 6.07) is 0. The standard InChI is InChI=1S/C7H13N2P/c1-3-5-6-7(9-10)8-4-2/h3-6,9H,10H2,1-2H3/b5-3-,7-6+,8-4+. The Labute approximate surface area is 64.4 Å². The van der Waals surface area contributed by atoms with Crippen LogP contribution in [0.4, 0.5) is 0 Å². The Morgan fingerprint density at radius 2 is 2.20 bits per heavy atom. The van der Waals surface area contributed by atoms with Crippen molar-refractivity contribution in [2.75, 3.05) is 0 Å². The van der Waals surface area contributed by atoms with E-state index < -0.39 is 0 Å². The Kier molecular flexibility index (Phi) is 6.10. The van der Waals surface area contributed by atoms with Crippen molar-refractivity contribution in [2.24, 2.45) is 4.99 Å². The van der Waals surface area contributed by atoms with Crippen LogP contribution in [0.5, 0.6) is 0 Å². The number of aliphatic imine (C=N–C) groups is 1. The van der Waals surface area contributed by atoms with Gasteiger partial charge in [-0.05, 0) is 29.3 Å². The molecule has 0 saturated heterocycles. The highest BCUT2D eigenvalue weighted by Gasteiger charge is 1.80. The van der Waals surface area contributed by atoms with E-state index in [1.54, 1.807) is 6.21 Å². The molecule has 0 bridgehead atoms. The third-order valence-electron chi connectivity index (χ3n) is 0.863. The molecule has 3 heteroatoms. The molecule has 0 fully saturated rings. The maximum absolute atomic E-state index is 4.03. The van der Waals surface area contributed by atoms with E-state index in [0.717, 1.165) is 5.82 Å². The van der Waals surface area contributed by atoms with Crippen molar-refractivity contribution in [3.05, 3.63) is 24.0 Å². The van der Waals surface area contributed by atoms with E-state index in [-0.39, 0.29) is 0 Å². The fourth-order valence-electron chi connectivity index (χ4n) is 0.455. The first-order chi connectivity index (χ1) is 4.85. The van der Waals surface area contributed by atoms with E-state index in [1.165, 1.54) is 0 Å². The van der Waals surface area contributed by atoms with Crippen molar-refractivity contribution in [2.45, 2.75) is 13.8 Å². The zero-order valence-corrected chi connectivity index (χ0v) is 7.49. The van der Waals surface area contributed by atoms with Gasteiger partial charge in [0, 0.05) is 6.21 Å². The zero-order valence-electron chi connectivity index (χ0n) is 6.33. The van der Waals surface area contributed by atoms with Gasteiger partial charge in [0.1, 0.15) is 5.82 Å². The van der Waals surface area contributed by atoms with Gasteiger partial charge in [0.15, 0.2) is 0 Å². The normalized spacial score (nSPS) is 13.3. The van der Waals surface area contributed by atoms with Gasteiger partial charge in [-0.15, -0.1) is 0 Å². The monoisotopic (exact) mass is 156 g/mol. The highest BCUT2D eigenvalue weighted by molar-refractivity contribution is 7.14. The molecule has 0 saturated carbocycles. The average molecular weight is 156 g/mol. The van der Waals surface area contributed by atoms with Gasteiger partial charge in [-0.3, -0.25) is 0 Å². The number of allylic oxidation sites excluding steroid dienone is 3. The minimum absolute atomic E-state index is 0.839. The van der Waals surface area contributed by atoms with Crippen LogP contribution in [-0.4, -0.2) is 6.21 Å². The Morgan fingerprint density at radius 3 is 2.60 bits per heavy atom. The van der Waals surface area contributed by atoms with Crippen LogP contribution in [0, 0.1) is 0 Å². The molecule has 0 spiro atoms. The van der Waals surface area contributed by atoms with Crippen molar-refractivity contribution in [3.8, 4) is 0 Å². The van der Waals surface area contributed by atoms with Crippen molar-refractivity contribution in [3.63, 3.8) is 0 Å². The van der Waals surface area contributed by atoms with Crippen LogP contribution in [0.25, 0.3) is 0 Å². The van der Waals surface area contributed by atoms with Crippen molar-refractivity contribution < 1.29 is 0 Å². The molecule has 10 heavy (non-hydrogen) atoms. The van der Waals surface area contributed by atoms with Crippen molar-refractivity contribution in [1.29, 1.82) is 0 Å². The van der Waals surface area contributed by atoms with E-state index in [9.17, 15) is 0 Å². The highest BCUT2D eigenvalue weighted by atomic mass is 31.0. The minimum atomic E-state index is 0.839. The first-order valence-electron chi connectivity index (χ1n) is 3.13. The lowest BCUT2D eigenvalue weighted by Crippen LogP contribution is -1.93. The van der Waals surface area contributed by atoms with Crippen LogP contribution < -0.4 is 5.09 Å². The largest absolute Gasteiger partial charge is 0.355 e. The van der Waals surface area contributed by atoms with Gasteiger partial charge in [0.25, 0.3) is 0 Å². The summed E-state index contributed by atoms with van der Waals surface area (Å²) in [5, 5.41) is 2.87. The first-order valence-corrected chi connectivity index (χ1v) is 3.71. The molecular weight excluding hydrogens is 143 g/mol. The van der Waals surface area contributed by atoms with E-state index in [1.807, 2.05) is 32.1 Å². The summed E-state index contributed by atoms with van der Waals surface area (Å²) < 4.78 is 0. The number of hydrogen-bond acceptors (Lipinski definition) is 2. The summed E-state index contributed by atoms with van der Waals surface area (Å²) in [4.78, 5) is 4.03. The maximum Gasteiger partial charge on any atom is 0.128 e. The summed E-state index contributed by atoms with van der Waals surface area (Å²) >= 11 is 0. The van der Waals surface area contributed by atoms with E-state index in [4.69, 9.17) is 0 Å². The lowest BCUT2D eigenvalue weighted by Gasteiger charge is -1.94. The number of hydrogen-bond donors (Lipinski definition) is 1. The van der Waals surface area contributed by atoms with Crippen LogP contribution in [-0.2, 0) is 0 Å². The summed E-state index contributed by atoms with van der Waals surface area (Å²) in [6.45, 7) is 3.85. The van der Waals surface area contributed by atoms with Crippen LogP contribution >= 0.6 is 9.39 Å². The topological polar surface area (TPSA) is 24.4 Å². The predicted octanol–water partition coefficient (Wildman–Crippen LogP) is 1.87. The van der Waals surface area contributed by atoms with Gasteiger partial charge in [-0.1, -0.05) is 12.2 Å². The number of nitrogens with one attached hydrogen (secondary N) is 1. The van der Waals surface area contributed by atoms with Gasteiger partial charge in [0.2, 0.25) is 0 Å². The molecule has 0 aliphatic rings. The van der Waals surface area contributed by atoms with Gasteiger partial charge < -0.3 is 5.09 Å². The summed E-state index contributed by atoms with van der Waals surface area (Å²) in [7, 11) is 2.40. The third-order valence-corrected chi connectivity index (χ3v) is 1.16. The lowest BCUT2D eigenvalue weighted by atomic mass is 10.5. The molecule has 0 heterocycles. The molecule has 0 aromatic carbocycles. The molecule has 56 valence electrons. The van der Waals surface area contributed by atoms with Gasteiger partial charge in [0.05, 0.1) is 0 Å².